The van der Waals surface area contributed by atoms with Gasteiger partial charge in [-0.15, -0.1) is 0 Å². The summed E-state index contributed by atoms with van der Waals surface area (Å²) >= 11 is 1.76. The third-order valence-corrected chi connectivity index (χ3v) is 4.00. The number of thioether (sulfide) groups is 1. The molecule has 0 spiro atoms. The summed E-state index contributed by atoms with van der Waals surface area (Å²) in [6, 6.07) is 4.59. The van der Waals surface area contributed by atoms with Gasteiger partial charge in [0, 0.05) is 30.9 Å². The van der Waals surface area contributed by atoms with Gasteiger partial charge in [0.25, 0.3) is 5.69 Å². The summed E-state index contributed by atoms with van der Waals surface area (Å²) in [5, 5.41) is 22.7. The molecule has 0 saturated heterocycles. The molecule has 0 aromatic heterocycles. The van der Waals surface area contributed by atoms with E-state index in [2.05, 4.69) is 12.1 Å². The van der Waals surface area contributed by atoms with Gasteiger partial charge in [-0.2, -0.15) is 11.8 Å². The number of non-ortho nitro benzene ring substituents is 1. The molecule has 116 valence electrons. The second-order valence-corrected chi connectivity index (χ2v) is 5.67. The molecule has 8 heteroatoms. The van der Waals surface area contributed by atoms with E-state index >= 15 is 0 Å². The van der Waals surface area contributed by atoms with E-state index in [0.29, 0.717) is 11.3 Å². The number of amidine groups is 1. The summed E-state index contributed by atoms with van der Waals surface area (Å²) in [6.07, 6.45) is 3.00. The van der Waals surface area contributed by atoms with Crippen molar-refractivity contribution < 1.29 is 10.1 Å². The Hall–Kier alpha value is -1.96. The van der Waals surface area contributed by atoms with Crippen LogP contribution in [0.15, 0.2) is 23.4 Å². The van der Waals surface area contributed by atoms with E-state index < -0.39 is 4.92 Å². The largest absolute Gasteiger partial charge is 0.409 e. The molecule has 0 fully saturated rings. The molecule has 1 aromatic rings. The van der Waals surface area contributed by atoms with Crippen LogP contribution in [0.25, 0.3) is 0 Å². The van der Waals surface area contributed by atoms with Crippen molar-refractivity contribution in [2.45, 2.75) is 19.4 Å². The van der Waals surface area contributed by atoms with Gasteiger partial charge in [-0.05, 0) is 31.4 Å². The van der Waals surface area contributed by atoms with Crippen molar-refractivity contribution in [2.24, 2.45) is 10.9 Å². The molecule has 0 amide bonds. The maximum absolute atomic E-state index is 10.9. The first-order chi connectivity index (χ1) is 9.92. The first kappa shape index (κ1) is 17.1. The van der Waals surface area contributed by atoms with E-state index in [0.717, 1.165) is 12.2 Å². The van der Waals surface area contributed by atoms with Crippen LogP contribution in [0.1, 0.15) is 18.9 Å². The topological polar surface area (TPSA) is 105 Å². The Morgan fingerprint density at radius 3 is 2.81 bits per heavy atom. The van der Waals surface area contributed by atoms with Crippen molar-refractivity contribution >= 4 is 29.0 Å². The molecule has 1 unspecified atom stereocenters. The molecule has 0 radical (unpaired) electrons. The molecule has 0 heterocycles. The Morgan fingerprint density at radius 2 is 2.29 bits per heavy atom. The lowest BCUT2D eigenvalue weighted by Gasteiger charge is -2.28. The molecule has 3 N–H and O–H groups in total. The summed E-state index contributed by atoms with van der Waals surface area (Å²) in [4.78, 5) is 12.3. The fraction of sp³-hybridized carbons (Fsp3) is 0.462. The predicted molar refractivity (Wildman–Crippen MR) is 86.5 cm³/mol. The summed E-state index contributed by atoms with van der Waals surface area (Å²) in [6.45, 7) is 2.06. The Balaban J connectivity index is 3.19. The number of hydrogen-bond acceptors (Lipinski definition) is 6. The van der Waals surface area contributed by atoms with Gasteiger partial charge in [-0.1, -0.05) is 5.16 Å². The minimum Gasteiger partial charge on any atom is -0.409 e. The highest BCUT2D eigenvalue weighted by atomic mass is 32.2. The quantitative estimate of drug-likeness (QED) is 0.263. The van der Waals surface area contributed by atoms with Crippen LogP contribution >= 0.6 is 11.8 Å². The molecule has 1 aromatic carbocycles. The summed E-state index contributed by atoms with van der Waals surface area (Å²) < 4.78 is 0. The fourth-order valence-electron chi connectivity index (χ4n) is 1.92. The van der Waals surface area contributed by atoms with Gasteiger partial charge >= 0.3 is 0 Å². The highest BCUT2D eigenvalue weighted by Crippen LogP contribution is 2.27. The van der Waals surface area contributed by atoms with E-state index in [4.69, 9.17) is 10.9 Å². The van der Waals surface area contributed by atoms with Crippen molar-refractivity contribution in [2.75, 3.05) is 24.0 Å². The number of nitro benzene ring substituents is 1. The van der Waals surface area contributed by atoms with Crippen molar-refractivity contribution in [3.05, 3.63) is 33.9 Å². The minimum atomic E-state index is -0.505. The van der Waals surface area contributed by atoms with Crippen LogP contribution in [0, 0.1) is 10.1 Å². The molecule has 7 nitrogen and oxygen atoms in total. The lowest BCUT2D eigenvalue weighted by molar-refractivity contribution is -0.384. The van der Waals surface area contributed by atoms with Gasteiger partial charge in [-0.25, -0.2) is 0 Å². The van der Waals surface area contributed by atoms with Crippen molar-refractivity contribution in [3.8, 4) is 0 Å². The molecular weight excluding hydrogens is 292 g/mol. The first-order valence-electron chi connectivity index (χ1n) is 6.40. The summed E-state index contributed by atoms with van der Waals surface area (Å²) in [7, 11) is 1.89. The van der Waals surface area contributed by atoms with Gasteiger partial charge in [-0.3, -0.25) is 10.1 Å². The Labute approximate surface area is 128 Å². The number of benzene rings is 1. The zero-order valence-electron chi connectivity index (χ0n) is 12.3. The molecule has 0 bridgehead atoms. The molecule has 0 aliphatic heterocycles. The predicted octanol–water partition coefficient (Wildman–Crippen LogP) is 2.27. The first-order valence-corrected chi connectivity index (χ1v) is 7.79. The van der Waals surface area contributed by atoms with Crippen LogP contribution in [-0.4, -0.2) is 41.1 Å². The molecule has 1 rings (SSSR count). The van der Waals surface area contributed by atoms with Crippen LogP contribution in [0.2, 0.25) is 0 Å². The molecule has 0 aliphatic rings. The normalized spacial score (nSPS) is 13.0. The van der Waals surface area contributed by atoms with Crippen LogP contribution in [-0.2, 0) is 0 Å². The molecule has 0 aliphatic carbocycles. The zero-order chi connectivity index (χ0) is 16.0. The number of anilines is 1. The smallest absolute Gasteiger partial charge is 0.270 e. The summed E-state index contributed by atoms with van der Waals surface area (Å²) in [5.74, 6) is 0.870. The van der Waals surface area contributed by atoms with E-state index in [1.165, 1.54) is 12.1 Å². The molecule has 1 atom stereocenters. The highest BCUT2D eigenvalue weighted by molar-refractivity contribution is 7.98. The SMILES string of the molecule is CSCCC(C)N(C)c1ccc([N+](=O)[O-])cc1/C(N)=N/O. The van der Waals surface area contributed by atoms with Crippen LogP contribution in [0.4, 0.5) is 11.4 Å². The van der Waals surface area contributed by atoms with E-state index in [1.807, 2.05) is 18.2 Å². The van der Waals surface area contributed by atoms with Crippen molar-refractivity contribution in [1.82, 2.24) is 0 Å². The number of oxime groups is 1. The number of nitrogens with two attached hydrogens (primary N) is 1. The lowest BCUT2D eigenvalue weighted by atomic mass is 10.1. The number of nitro groups is 1. The lowest BCUT2D eigenvalue weighted by Crippen LogP contribution is -2.31. The van der Waals surface area contributed by atoms with E-state index in [1.54, 1.807) is 17.8 Å². The number of rotatable bonds is 7. The Morgan fingerprint density at radius 1 is 1.62 bits per heavy atom. The number of hydrogen-bond donors (Lipinski definition) is 2. The van der Waals surface area contributed by atoms with Gasteiger partial charge in [0.05, 0.1) is 10.5 Å². The maximum Gasteiger partial charge on any atom is 0.270 e. The molecule has 21 heavy (non-hydrogen) atoms. The fourth-order valence-corrected chi connectivity index (χ4v) is 2.50. The molecular formula is C13H20N4O3S. The average Bonchev–Trinajstić information content (AvgIpc) is 2.50. The van der Waals surface area contributed by atoms with Crippen molar-refractivity contribution in [1.29, 1.82) is 0 Å². The van der Waals surface area contributed by atoms with Crippen molar-refractivity contribution in [3.63, 3.8) is 0 Å². The second-order valence-electron chi connectivity index (χ2n) is 4.69. The third-order valence-electron chi connectivity index (χ3n) is 3.36. The minimum absolute atomic E-state index is 0.0921. The maximum atomic E-state index is 10.9. The average molecular weight is 312 g/mol. The van der Waals surface area contributed by atoms with E-state index in [9.17, 15) is 10.1 Å². The van der Waals surface area contributed by atoms with Gasteiger partial charge < -0.3 is 15.8 Å². The second kappa shape index (κ2) is 7.72. The summed E-state index contributed by atoms with van der Waals surface area (Å²) in [5.41, 5.74) is 6.61. The highest BCUT2D eigenvalue weighted by Gasteiger charge is 2.19. The molecule has 0 saturated carbocycles. The van der Waals surface area contributed by atoms with Gasteiger partial charge in [0.15, 0.2) is 5.84 Å². The Bertz CT molecular complexity index is 536. The standard InChI is InChI=1S/C13H20N4O3S/c1-9(6-7-21-3)16(2)12-5-4-10(17(19)20)8-11(12)13(14)15-18/h4-5,8-9,18H,6-7H2,1-3H3,(H2,14,15). The Kier molecular flexibility index (Phi) is 6.29. The number of nitrogens with zero attached hydrogens (tertiary/aromatic N) is 3. The van der Waals surface area contributed by atoms with Crippen LogP contribution < -0.4 is 10.6 Å². The van der Waals surface area contributed by atoms with Gasteiger partial charge in [0.2, 0.25) is 0 Å². The van der Waals surface area contributed by atoms with Crippen LogP contribution in [0.5, 0.6) is 0 Å². The van der Waals surface area contributed by atoms with Gasteiger partial charge in [0.1, 0.15) is 0 Å². The zero-order valence-corrected chi connectivity index (χ0v) is 13.1. The monoisotopic (exact) mass is 312 g/mol. The van der Waals surface area contributed by atoms with Crippen LogP contribution in [0.3, 0.4) is 0 Å². The van der Waals surface area contributed by atoms with E-state index in [-0.39, 0.29) is 17.6 Å². The third kappa shape index (κ3) is 4.25.